The van der Waals surface area contributed by atoms with Gasteiger partial charge in [-0.15, -0.1) is 0 Å². The summed E-state index contributed by atoms with van der Waals surface area (Å²) < 4.78 is 40.1. The van der Waals surface area contributed by atoms with Crippen LogP contribution in [0.3, 0.4) is 0 Å². The number of nitrogens with one attached hydrogen (secondary N) is 3. The molecule has 114 valence electrons. The Hall–Kier alpha value is -1.70. The monoisotopic (exact) mass is 311 g/mol. The molecule has 0 aliphatic rings. The summed E-state index contributed by atoms with van der Waals surface area (Å²) in [5.41, 5.74) is 1.28. The number of aromatic nitrogens is 1. The minimum absolute atomic E-state index is 0.149. The highest BCUT2D eigenvalue weighted by Gasteiger charge is 2.15. The van der Waals surface area contributed by atoms with Gasteiger partial charge in [0.15, 0.2) is 0 Å². The van der Waals surface area contributed by atoms with Crippen LogP contribution in [0.25, 0.3) is 0 Å². The van der Waals surface area contributed by atoms with Crippen molar-refractivity contribution in [3.05, 3.63) is 53.6 Å². The number of H-pyrrole nitrogens is 1. The van der Waals surface area contributed by atoms with Crippen LogP contribution < -0.4 is 10.0 Å². The molecule has 0 fully saturated rings. The molecule has 1 aromatic carbocycles. The van der Waals surface area contributed by atoms with Crippen molar-refractivity contribution < 1.29 is 12.8 Å². The number of aromatic amines is 1. The van der Waals surface area contributed by atoms with Crippen molar-refractivity contribution in [3.63, 3.8) is 0 Å². The highest BCUT2D eigenvalue weighted by Crippen LogP contribution is 2.11. The lowest BCUT2D eigenvalue weighted by Gasteiger charge is -2.05. The number of halogens is 1. The fourth-order valence-electron chi connectivity index (χ4n) is 1.97. The van der Waals surface area contributed by atoms with Gasteiger partial charge in [-0.1, -0.05) is 18.2 Å². The van der Waals surface area contributed by atoms with Crippen molar-refractivity contribution in [1.29, 1.82) is 0 Å². The average Bonchev–Trinajstić information content (AvgIpc) is 2.91. The Labute approximate surface area is 123 Å². The van der Waals surface area contributed by atoms with Gasteiger partial charge in [-0.25, -0.2) is 17.5 Å². The van der Waals surface area contributed by atoms with E-state index in [0.29, 0.717) is 18.5 Å². The molecule has 0 saturated heterocycles. The first-order valence-corrected chi connectivity index (χ1v) is 8.06. The number of hydrogen-bond acceptors (Lipinski definition) is 3. The second-order valence-electron chi connectivity index (χ2n) is 4.63. The van der Waals surface area contributed by atoms with Crippen LogP contribution in [0.15, 0.2) is 41.4 Å². The van der Waals surface area contributed by atoms with Gasteiger partial charge in [0.25, 0.3) is 0 Å². The molecule has 1 heterocycles. The van der Waals surface area contributed by atoms with Gasteiger partial charge >= 0.3 is 0 Å². The number of benzene rings is 1. The lowest BCUT2D eigenvalue weighted by molar-refractivity contribution is 0.577. The highest BCUT2D eigenvalue weighted by atomic mass is 32.2. The largest absolute Gasteiger partial charge is 0.363 e. The fourth-order valence-corrected chi connectivity index (χ4v) is 3.02. The molecule has 0 saturated carbocycles. The smallest absolute Gasteiger partial charge is 0.242 e. The Morgan fingerprint density at radius 1 is 1.29 bits per heavy atom. The zero-order valence-electron chi connectivity index (χ0n) is 11.7. The summed E-state index contributed by atoms with van der Waals surface area (Å²) >= 11 is 0. The lowest BCUT2D eigenvalue weighted by Crippen LogP contribution is -2.25. The quantitative estimate of drug-likeness (QED) is 0.723. The van der Waals surface area contributed by atoms with Gasteiger partial charge in [-0.05, 0) is 31.2 Å². The summed E-state index contributed by atoms with van der Waals surface area (Å²) in [6.07, 6.45) is 1.75. The zero-order valence-corrected chi connectivity index (χ0v) is 12.5. The molecule has 5 nitrogen and oxygen atoms in total. The van der Waals surface area contributed by atoms with Crippen molar-refractivity contribution in [1.82, 2.24) is 15.0 Å². The molecule has 0 atom stereocenters. The molecular formula is C14H18FN3O2S. The maximum Gasteiger partial charge on any atom is 0.242 e. The van der Waals surface area contributed by atoms with Crippen LogP contribution in [0.5, 0.6) is 0 Å². The van der Waals surface area contributed by atoms with E-state index in [1.807, 2.05) is 0 Å². The van der Waals surface area contributed by atoms with Gasteiger partial charge in [0, 0.05) is 25.0 Å². The number of sulfonamides is 1. The SMILES string of the molecule is CNCc1cc(S(=O)(=O)NCCc2ccccc2F)c[nH]1. The number of hydrogen-bond donors (Lipinski definition) is 3. The molecule has 0 radical (unpaired) electrons. The average molecular weight is 311 g/mol. The molecule has 2 aromatic rings. The molecule has 0 amide bonds. The van der Waals surface area contributed by atoms with Gasteiger partial charge in [0.1, 0.15) is 5.82 Å². The molecular weight excluding hydrogens is 293 g/mol. The minimum Gasteiger partial charge on any atom is -0.363 e. The Morgan fingerprint density at radius 2 is 2.05 bits per heavy atom. The first-order chi connectivity index (χ1) is 10.0. The third-order valence-electron chi connectivity index (χ3n) is 3.04. The second kappa shape index (κ2) is 6.84. The Balaban J connectivity index is 1.96. The maximum atomic E-state index is 13.4. The molecule has 0 aliphatic carbocycles. The molecule has 0 spiro atoms. The molecule has 0 bridgehead atoms. The summed E-state index contributed by atoms with van der Waals surface area (Å²) in [6, 6.07) is 7.90. The van der Waals surface area contributed by atoms with E-state index in [9.17, 15) is 12.8 Å². The predicted octanol–water partition coefficient (Wildman–Crippen LogP) is 1.39. The predicted molar refractivity (Wildman–Crippen MR) is 78.8 cm³/mol. The van der Waals surface area contributed by atoms with Gasteiger partial charge in [-0.3, -0.25) is 0 Å². The van der Waals surface area contributed by atoms with E-state index in [0.717, 1.165) is 5.69 Å². The standard InChI is InChI=1S/C14H18FN3O2S/c1-16-9-12-8-13(10-17-12)21(19,20)18-7-6-11-4-2-3-5-14(11)15/h2-5,8,10,16-18H,6-7,9H2,1H3. The molecule has 0 unspecified atom stereocenters. The van der Waals surface area contributed by atoms with Gasteiger partial charge in [0.05, 0.1) is 4.90 Å². The summed E-state index contributed by atoms with van der Waals surface area (Å²) in [4.78, 5) is 3.07. The van der Waals surface area contributed by atoms with E-state index >= 15 is 0 Å². The summed E-state index contributed by atoms with van der Waals surface area (Å²) in [5, 5.41) is 2.93. The molecule has 1 aromatic heterocycles. The lowest BCUT2D eigenvalue weighted by atomic mass is 10.1. The number of rotatable bonds is 7. The van der Waals surface area contributed by atoms with Crippen LogP contribution in [0, 0.1) is 5.82 Å². The fraction of sp³-hybridized carbons (Fsp3) is 0.286. The van der Waals surface area contributed by atoms with Crippen LogP contribution in [0.4, 0.5) is 4.39 Å². The summed E-state index contributed by atoms with van der Waals surface area (Å²) in [7, 11) is -1.79. The van der Waals surface area contributed by atoms with E-state index in [2.05, 4.69) is 15.0 Å². The maximum absolute atomic E-state index is 13.4. The molecule has 0 aliphatic heterocycles. The van der Waals surface area contributed by atoms with Crippen molar-refractivity contribution in [3.8, 4) is 0 Å². The molecule has 3 N–H and O–H groups in total. The van der Waals surface area contributed by atoms with E-state index < -0.39 is 10.0 Å². The molecule has 7 heteroatoms. The topological polar surface area (TPSA) is 74.0 Å². The third kappa shape index (κ3) is 4.13. The van der Waals surface area contributed by atoms with Crippen molar-refractivity contribution in [2.75, 3.05) is 13.6 Å². The van der Waals surface area contributed by atoms with E-state index in [1.54, 1.807) is 31.3 Å². The molecule has 21 heavy (non-hydrogen) atoms. The summed E-state index contributed by atoms with van der Waals surface area (Å²) in [5.74, 6) is -0.324. The van der Waals surface area contributed by atoms with Crippen molar-refractivity contribution in [2.24, 2.45) is 0 Å². The Bertz CT molecular complexity index is 698. The van der Waals surface area contributed by atoms with Crippen LogP contribution >= 0.6 is 0 Å². The van der Waals surface area contributed by atoms with Gasteiger partial charge < -0.3 is 10.3 Å². The first-order valence-electron chi connectivity index (χ1n) is 6.58. The van der Waals surface area contributed by atoms with E-state index in [1.165, 1.54) is 12.3 Å². The van der Waals surface area contributed by atoms with Crippen LogP contribution in [-0.2, 0) is 23.0 Å². The van der Waals surface area contributed by atoms with Gasteiger partial charge in [0.2, 0.25) is 10.0 Å². The van der Waals surface area contributed by atoms with E-state index in [4.69, 9.17) is 0 Å². The van der Waals surface area contributed by atoms with Crippen LogP contribution in [0.2, 0.25) is 0 Å². The van der Waals surface area contributed by atoms with Gasteiger partial charge in [-0.2, -0.15) is 0 Å². The van der Waals surface area contributed by atoms with Crippen molar-refractivity contribution >= 4 is 10.0 Å². The van der Waals surface area contributed by atoms with E-state index in [-0.39, 0.29) is 17.3 Å². The van der Waals surface area contributed by atoms with Crippen molar-refractivity contribution in [2.45, 2.75) is 17.9 Å². The van der Waals surface area contributed by atoms with Crippen LogP contribution in [-0.4, -0.2) is 27.0 Å². The zero-order chi connectivity index (χ0) is 15.3. The normalized spacial score (nSPS) is 11.7. The first kappa shape index (κ1) is 15.7. The van der Waals surface area contributed by atoms with Crippen LogP contribution in [0.1, 0.15) is 11.3 Å². The molecule has 2 rings (SSSR count). The Kier molecular flexibility index (Phi) is 5.11. The minimum atomic E-state index is -3.57. The second-order valence-corrected chi connectivity index (χ2v) is 6.40. The Morgan fingerprint density at radius 3 is 2.76 bits per heavy atom. The highest BCUT2D eigenvalue weighted by molar-refractivity contribution is 7.89. The summed E-state index contributed by atoms with van der Waals surface area (Å²) in [6.45, 7) is 0.709. The third-order valence-corrected chi connectivity index (χ3v) is 4.48.